The lowest BCUT2D eigenvalue weighted by atomic mass is 10.2. The van der Waals surface area contributed by atoms with E-state index in [1.165, 1.54) is 12.1 Å². The van der Waals surface area contributed by atoms with Gasteiger partial charge in [-0.05, 0) is 52.0 Å². The number of sulfonamides is 1. The maximum atomic E-state index is 12.0. The molecule has 0 aromatic heterocycles. The van der Waals surface area contributed by atoms with Gasteiger partial charge in [0, 0.05) is 17.1 Å². The van der Waals surface area contributed by atoms with E-state index in [2.05, 4.69) is 49.2 Å². The minimum absolute atomic E-state index is 0.0923. The van der Waals surface area contributed by atoms with Crippen LogP contribution >= 0.6 is 11.6 Å². The van der Waals surface area contributed by atoms with E-state index in [-0.39, 0.29) is 11.4 Å². The normalized spacial score (nSPS) is 11.8. The molecule has 0 spiro atoms. The first kappa shape index (κ1) is 19.0. The Kier molecular flexibility index (Phi) is 7.37. The van der Waals surface area contributed by atoms with Crippen molar-refractivity contribution in [3.05, 3.63) is 29.3 Å². The van der Waals surface area contributed by atoms with Crippen molar-refractivity contribution in [3.63, 3.8) is 0 Å². The first-order valence-electron chi connectivity index (χ1n) is 7.20. The molecule has 0 saturated carbocycles. The fourth-order valence-corrected chi connectivity index (χ4v) is 3.05. The number of rotatable bonds is 6. The van der Waals surface area contributed by atoms with Crippen molar-refractivity contribution in [2.45, 2.75) is 44.7 Å². The summed E-state index contributed by atoms with van der Waals surface area (Å²) in [6.45, 7) is 9.18. The van der Waals surface area contributed by atoms with Crippen molar-refractivity contribution in [3.8, 4) is 11.8 Å². The summed E-state index contributed by atoms with van der Waals surface area (Å²) >= 11 is 5.75. The molecule has 22 heavy (non-hydrogen) atoms. The van der Waals surface area contributed by atoms with E-state index in [1.807, 2.05) is 0 Å². The molecule has 0 unspecified atom stereocenters. The van der Waals surface area contributed by atoms with Gasteiger partial charge in [-0.3, -0.25) is 4.90 Å². The second kappa shape index (κ2) is 8.54. The molecule has 0 fully saturated rings. The van der Waals surface area contributed by atoms with Crippen molar-refractivity contribution in [1.29, 1.82) is 0 Å². The predicted molar refractivity (Wildman–Crippen MR) is 91.4 cm³/mol. The van der Waals surface area contributed by atoms with E-state index in [4.69, 9.17) is 11.6 Å². The Labute approximate surface area is 138 Å². The maximum Gasteiger partial charge on any atom is 0.241 e. The van der Waals surface area contributed by atoms with Crippen molar-refractivity contribution < 1.29 is 8.42 Å². The lowest BCUT2D eigenvalue weighted by Gasteiger charge is -2.28. The third-order valence-corrected chi connectivity index (χ3v) is 4.86. The Balaban J connectivity index is 2.57. The van der Waals surface area contributed by atoms with E-state index in [0.717, 1.165) is 0 Å². The van der Waals surface area contributed by atoms with Crippen LogP contribution in [0.1, 0.15) is 27.7 Å². The molecule has 0 atom stereocenters. The van der Waals surface area contributed by atoms with Gasteiger partial charge in [0.15, 0.2) is 0 Å². The highest BCUT2D eigenvalue weighted by Crippen LogP contribution is 2.13. The molecule has 122 valence electrons. The Bertz CT molecular complexity index is 620. The number of hydrogen-bond acceptors (Lipinski definition) is 3. The molecule has 0 aliphatic carbocycles. The lowest BCUT2D eigenvalue weighted by Crippen LogP contribution is -2.37. The summed E-state index contributed by atoms with van der Waals surface area (Å²) in [6, 6.07) is 6.84. The van der Waals surface area contributed by atoms with Gasteiger partial charge in [-0.15, -0.1) is 0 Å². The van der Waals surface area contributed by atoms with Crippen LogP contribution in [0.25, 0.3) is 0 Å². The summed E-state index contributed by atoms with van der Waals surface area (Å²) in [4.78, 5) is 2.42. The summed E-state index contributed by atoms with van der Waals surface area (Å²) < 4.78 is 26.5. The van der Waals surface area contributed by atoms with Gasteiger partial charge in [-0.25, -0.2) is 8.42 Å². The molecule has 0 saturated heterocycles. The van der Waals surface area contributed by atoms with Gasteiger partial charge in [0.05, 0.1) is 18.0 Å². The smallest absolute Gasteiger partial charge is 0.241 e. The van der Waals surface area contributed by atoms with Crippen LogP contribution in [0.4, 0.5) is 0 Å². The summed E-state index contributed by atoms with van der Waals surface area (Å²) in [5, 5.41) is 0.501. The first-order chi connectivity index (χ1) is 10.2. The van der Waals surface area contributed by atoms with Crippen molar-refractivity contribution in [2.24, 2.45) is 0 Å². The summed E-state index contributed by atoms with van der Waals surface area (Å²) in [5.41, 5.74) is 0. The average Bonchev–Trinajstić information content (AvgIpc) is 2.42. The highest BCUT2D eigenvalue weighted by Gasteiger charge is 2.13. The van der Waals surface area contributed by atoms with E-state index in [1.54, 1.807) is 12.1 Å². The van der Waals surface area contributed by atoms with Crippen LogP contribution < -0.4 is 4.72 Å². The number of nitrogens with one attached hydrogen (secondary N) is 1. The number of hydrogen-bond donors (Lipinski definition) is 1. The Morgan fingerprint density at radius 2 is 1.64 bits per heavy atom. The molecule has 4 nitrogen and oxygen atoms in total. The van der Waals surface area contributed by atoms with Gasteiger partial charge in [-0.1, -0.05) is 23.4 Å². The molecule has 1 N–H and O–H groups in total. The second-order valence-corrected chi connectivity index (χ2v) is 7.70. The second-order valence-electron chi connectivity index (χ2n) is 5.49. The molecule has 0 aliphatic heterocycles. The third-order valence-electron chi connectivity index (χ3n) is 3.19. The molecular weight excluding hydrogens is 320 g/mol. The van der Waals surface area contributed by atoms with Crippen molar-refractivity contribution >= 4 is 21.6 Å². The van der Waals surface area contributed by atoms with Gasteiger partial charge in [0.2, 0.25) is 10.0 Å². The fourth-order valence-electron chi connectivity index (χ4n) is 2.00. The zero-order chi connectivity index (χ0) is 16.8. The molecule has 0 bridgehead atoms. The molecule has 1 aromatic rings. The fraction of sp³-hybridized carbons (Fsp3) is 0.500. The summed E-state index contributed by atoms with van der Waals surface area (Å²) in [6.07, 6.45) is 0. The minimum Gasteiger partial charge on any atom is -0.287 e. The van der Waals surface area contributed by atoms with Crippen molar-refractivity contribution in [1.82, 2.24) is 9.62 Å². The number of halogens is 1. The highest BCUT2D eigenvalue weighted by molar-refractivity contribution is 7.89. The third kappa shape index (κ3) is 5.98. The Hall–Kier alpha value is -1.06. The van der Waals surface area contributed by atoms with E-state index >= 15 is 0 Å². The van der Waals surface area contributed by atoms with Crippen LogP contribution in [-0.2, 0) is 10.0 Å². The number of nitrogens with zero attached hydrogens (tertiary/aromatic N) is 1. The molecule has 1 aromatic carbocycles. The zero-order valence-electron chi connectivity index (χ0n) is 13.4. The van der Waals surface area contributed by atoms with Crippen LogP contribution in [-0.4, -0.2) is 38.5 Å². The molecular formula is C16H23ClN2O2S. The van der Waals surface area contributed by atoms with E-state index < -0.39 is 10.0 Å². The Morgan fingerprint density at radius 3 is 2.14 bits per heavy atom. The topological polar surface area (TPSA) is 49.4 Å². The Morgan fingerprint density at radius 1 is 1.09 bits per heavy atom. The largest absolute Gasteiger partial charge is 0.287 e. The van der Waals surface area contributed by atoms with Crippen LogP contribution in [0, 0.1) is 11.8 Å². The first-order valence-corrected chi connectivity index (χ1v) is 9.07. The van der Waals surface area contributed by atoms with Crippen LogP contribution in [0.3, 0.4) is 0 Å². The van der Waals surface area contributed by atoms with Crippen LogP contribution in [0.2, 0.25) is 5.02 Å². The highest BCUT2D eigenvalue weighted by atomic mass is 35.5. The molecule has 0 amide bonds. The molecule has 1 rings (SSSR count). The van der Waals surface area contributed by atoms with E-state index in [0.29, 0.717) is 23.7 Å². The van der Waals surface area contributed by atoms with Crippen molar-refractivity contribution in [2.75, 3.05) is 13.1 Å². The molecule has 6 heteroatoms. The van der Waals surface area contributed by atoms with Gasteiger partial charge in [0.1, 0.15) is 0 Å². The monoisotopic (exact) mass is 342 g/mol. The molecule has 0 radical (unpaired) electrons. The van der Waals surface area contributed by atoms with E-state index in [9.17, 15) is 8.42 Å². The van der Waals surface area contributed by atoms with Gasteiger partial charge < -0.3 is 0 Å². The minimum atomic E-state index is -3.54. The number of benzene rings is 1. The average molecular weight is 343 g/mol. The van der Waals surface area contributed by atoms with Crippen LogP contribution in [0.15, 0.2) is 29.2 Å². The quantitative estimate of drug-likeness (QED) is 0.809. The standard InChI is InChI=1S/C16H23ClN2O2S/c1-13(2)19(14(3)4)12-6-5-11-18-22(20,21)16-9-7-15(17)8-10-16/h7-10,13-14,18H,11-12H2,1-4H3. The van der Waals surface area contributed by atoms with Gasteiger partial charge in [-0.2, -0.15) is 4.72 Å². The van der Waals surface area contributed by atoms with Crippen LogP contribution in [0.5, 0.6) is 0 Å². The SMILES string of the molecule is CC(C)N(CC#CCNS(=O)(=O)c1ccc(Cl)cc1)C(C)C. The van der Waals surface area contributed by atoms with Gasteiger partial charge in [0.25, 0.3) is 0 Å². The zero-order valence-corrected chi connectivity index (χ0v) is 15.0. The summed E-state index contributed by atoms with van der Waals surface area (Å²) in [5.74, 6) is 5.86. The molecule has 0 heterocycles. The molecule has 0 aliphatic rings. The maximum absolute atomic E-state index is 12.0. The predicted octanol–water partition coefficient (Wildman–Crippen LogP) is 2.74. The summed E-state index contributed by atoms with van der Waals surface area (Å²) in [7, 11) is -3.54. The lowest BCUT2D eigenvalue weighted by molar-refractivity contribution is 0.200. The van der Waals surface area contributed by atoms with Gasteiger partial charge >= 0.3 is 0 Å².